The van der Waals surface area contributed by atoms with Gasteiger partial charge >= 0.3 is 0 Å². The predicted molar refractivity (Wildman–Crippen MR) is 150 cm³/mol. The summed E-state index contributed by atoms with van der Waals surface area (Å²) in [6, 6.07) is 37.3. The number of fused-ring (bicyclic) bond motifs is 3. The first kappa shape index (κ1) is 22.1. The van der Waals surface area contributed by atoms with Crippen LogP contribution in [0.4, 0.5) is 15.8 Å². The quantitative estimate of drug-likeness (QED) is 0.227. The Morgan fingerprint density at radius 1 is 0.605 bits per heavy atom. The molecule has 0 fully saturated rings. The highest BCUT2D eigenvalue weighted by molar-refractivity contribution is 6.09. The lowest BCUT2D eigenvalue weighted by Gasteiger charge is -2.22. The van der Waals surface area contributed by atoms with E-state index in [4.69, 9.17) is 4.74 Å². The Hall–Kier alpha value is -5.10. The maximum Gasteiger partial charge on any atom is 0.214 e. The zero-order valence-electron chi connectivity index (χ0n) is 20.4. The van der Waals surface area contributed by atoms with Crippen molar-refractivity contribution < 1.29 is 9.13 Å². The van der Waals surface area contributed by atoms with Crippen LogP contribution in [0, 0.1) is 5.95 Å². The Balaban J connectivity index is 1.22. The molecule has 0 spiro atoms. The van der Waals surface area contributed by atoms with Gasteiger partial charge in [0, 0.05) is 46.7 Å². The lowest BCUT2D eigenvalue weighted by atomic mass is 10.1. The van der Waals surface area contributed by atoms with Crippen LogP contribution in [0.15, 0.2) is 128 Å². The van der Waals surface area contributed by atoms with Gasteiger partial charge in [0.1, 0.15) is 17.3 Å². The molecular formula is C32H23FN4O. The minimum atomic E-state index is -0.514. The van der Waals surface area contributed by atoms with Crippen LogP contribution in [0.5, 0.6) is 11.5 Å². The number of nitrogens with zero attached hydrogens (tertiary/aromatic N) is 4. The molecule has 3 heterocycles. The number of benzene rings is 4. The maximum atomic E-state index is 14.1. The predicted octanol–water partition coefficient (Wildman–Crippen LogP) is 7.87. The topological polar surface area (TPSA) is 33.5 Å². The third-order valence-corrected chi connectivity index (χ3v) is 6.78. The van der Waals surface area contributed by atoms with Crippen LogP contribution in [-0.4, -0.2) is 16.2 Å². The number of anilines is 2. The summed E-state index contributed by atoms with van der Waals surface area (Å²) in [6.45, 7) is 0.722. The number of pyridine rings is 1. The van der Waals surface area contributed by atoms with Crippen LogP contribution in [0.1, 0.15) is 0 Å². The van der Waals surface area contributed by atoms with Gasteiger partial charge in [-0.05, 0) is 54.6 Å². The number of hydrogen-bond donors (Lipinski definition) is 0. The van der Waals surface area contributed by atoms with Crippen molar-refractivity contribution in [1.29, 1.82) is 0 Å². The van der Waals surface area contributed by atoms with E-state index in [1.807, 2.05) is 83.4 Å². The van der Waals surface area contributed by atoms with Gasteiger partial charge in [0.2, 0.25) is 5.95 Å². The molecule has 0 radical (unpaired) electrons. The van der Waals surface area contributed by atoms with Crippen molar-refractivity contribution in [2.75, 3.05) is 16.5 Å². The van der Waals surface area contributed by atoms with E-state index in [1.165, 1.54) is 6.07 Å². The average Bonchev–Trinajstić information content (AvgIpc) is 3.57. The van der Waals surface area contributed by atoms with Gasteiger partial charge in [-0.2, -0.15) is 4.39 Å². The molecule has 2 aromatic heterocycles. The van der Waals surface area contributed by atoms with Gasteiger partial charge in [-0.25, -0.2) is 4.98 Å². The van der Waals surface area contributed by atoms with Crippen molar-refractivity contribution in [3.63, 3.8) is 0 Å². The number of rotatable bonds is 5. The first-order chi connectivity index (χ1) is 18.7. The SMILES string of the molecule is Fc1cccc(-n2c3ccccc3c3ccc(Oc4cccc(N5C=CN(c6ccccc6)C5)c4)cc32)n1. The lowest BCUT2D eigenvalue weighted by Crippen LogP contribution is -2.24. The van der Waals surface area contributed by atoms with Gasteiger partial charge in [-0.3, -0.25) is 4.57 Å². The number of ether oxygens (including phenoxy) is 1. The number of hydrogen-bond acceptors (Lipinski definition) is 4. The molecule has 0 bridgehead atoms. The minimum absolute atomic E-state index is 0.514. The molecule has 4 aromatic carbocycles. The summed E-state index contributed by atoms with van der Waals surface area (Å²) in [5.41, 5.74) is 4.05. The van der Waals surface area contributed by atoms with E-state index in [9.17, 15) is 4.39 Å². The van der Waals surface area contributed by atoms with Crippen molar-refractivity contribution in [2.45, 2.75) is 0 Å². The molecule has 5 nitrogen and oxygen atoms in total. The van der Waals surface area contributed by atoms with Gasteiger partial charge in [0.05, 0.1) is 17.7 Å². The standard InChI is InChI=1S/C32H23FN4O/c33-31-14-7-15-32(34-31)37-29-13-5-4-12-27(29)28-17-16-26(21-30(28)37)38-25-11-6-10-24(20-25)36-19-18-35(22-36)23-8-2-1-3-9-23/h1-21H,22H2. The molecule has 0 saturated carbocycles. The van der Waals surface area contributed by atoms with Gasteiger partial charge in [-0.15, -0.1) is 0 Å². The largest absolute Gasteiger partial charge is 0.457 e. The molecule has 0 amide bonds. The van der Waals surface area contributed by atoms with Crippen LogP contribution in [0.3, 0.4) is 0 Å². The first-order valence-electron chi connectivity index (χ1n) is 12.4. The molecule has 0 aliphatic carbocycles. The van der Waals surface area contributed by atoms with E-state index < -0.39 is 5.95 Å². The second-order valence-electron chi connectivity index (χ2n) is 9.16. The van der Waals surface area contributed by atoms with Gasteiger partial charge in [0.15, 0.2) is 0 Å². The van der Waals surface area contributed by atoms with E-state index in [1.54, 1.807) is 6.07 Å². The molecule has 1 aliphatic rings. The molecule has 0 unspecified atom stereocenters. The van der Waals surface area contributed by atoms with Gasteiger partial charge in [0.25, 0.3) is 0 Å². The van der Waals surface area contributed by atoms with Crippen molar-refractivity contribution in [1.82, 2.24) is 9.55 Å². The van der Waals surface area contributed by atoms with E-state index in [0.29, 0.717) is 11.6 Å². The molecule has 38 heavy (non-hydrogen) atoms. The molecule has 6 aromatic rings. The molecule has 6 heteroatoms. The van der Waals surface area contributed by atoms with E-state index in [-0.39, 0.29) is 0 Å². The Morgan fingerprint density at radius 3 is 2.18 bits per heavy atom. The second-order valence-corrected chi connectivity index (χ2v) is 9.16. The van der Waals surface area contributed by atoms with Crippen molar-refractivity contribution in [2.24, 2.45) is 0 Å². The number of halogens is 1. The Bertz CT molecular complexity index is 1810. The zero-order chi connectivity index (χ0) is 25.5. The molecule has 1 aliphatic heterocycles. The molecule has 0 saturated heterocycles. The van der Waals surface area contributed by atoms with Crippen molar-refractivity contribution in [3.8, 4) is 17.3 Å². The molecule has 7 rings (SSSR count). The van der Waals surface area contributed by atoms with Crippen molar-refractivity contribution >= 4 is 33.2 Å². The molecular weight excluding hydrogens is 475 g/mol. The van der Waals surface area contributed by atoms with E-state index in [0.717, 1.165) is 45.6 Å². The summed E-state index contributed by atoms with van der Waals surface area (Å²) in [6.07, 6.45) is 4.15. The third kappa shape index (κ3) is 3.92. The Labute approximate surface area is 219 Å². The fraction of sp³-hybridized carbons (Fsp3) is 0.0312. The highest BCUT2D eigenvalue weighted by Crippen LogP contribution is 2.35. The van der Waals surface area contributed by atoms with E-state index in [2.05, 4.69) is 51.4 Å². The normalized spacial score (nSPS) is 13.1. The lowest BCUT2D eigenvalue weighted by molar-refractivity contribution is 0.483. The van der Waals surface area contributed by atoms with Crippen LogP contribution >= 0.6 is 0 Å². The van der Waals surface area contributed by atoms with Crippen LogP contribution in [0.25, 0.3) is 27.6 Å². The second kappa shape index (κ2) is 9.09. The summed E-state index contributed by atoms with van der Waals surface area (Å²) in [5, 5.41) is 2.13. The molecule has 0 N–H and O–H groups in total. The first-order valence-corrected chi connectivity index (χ1v) is 12.4. The highest BCUT2D eigenvalue weighted by Gasteiger charge is 2.17. The summed E-state index contributed by atoms with van der Waals surface area (Å²) in [4.78, 5) is 8.53. The zero-order valence-corrected chi connectivity index (χ0v) is 20.4. The third-order valence-electron chi connectivity index (χ3n) is 6.78. The van der Waals surface area contributed by atoms with Crippen LogP contribution < -0.4 is 14.5 Å². The summed E-state index contributed by atoms with van der Waals surface area (Å²) in [7, 11) is 0. The number of aromatic nitrogens is 2. The average molecular weight is 499 g/mol. The highest BCUT2D eigenvalue weighted by atomic mass is 19.1. The Morgan fingerprint density at radius 2 is 1.32 bits per heavy atom. The minimum Gasteiger partial charge on any atom is -0.457 e. The molecule has 184 valence electrons. The monoisotopic (exact) mass is 498 g/mol. The number of para-hydroxylation sites is 2. The Kier molecular flexibility index (Phi) is 5.29. The summed E-state index contributed by atoms with van der Waals surface area (Å²) in [5.74, 6) is 1.44. The molecule has 0 atom stereocenters. The summed E-state index contributed by atoms with van der Waals surface area (Å²) < 4.78 is 22.4. The van der Waals surface area contributed by atoms with Gasteiger partial charge in [-0.1, -0.05) is 48.5 Å². The smallest absolute Gasteiger partial charge is 0.214 e. The fourth-order valence-corrected chi connectivity index (χ4v) is 5.02. The fourth-order valence-electron chi connectivity index (χ4n) is 5.02. The maximum absolute atomic E-state index is 14.1. The summed E-state index contributed by atoms with van der Waals surface area (Å²) >= 11 is 0. The van der Waals surface area contributed by atoms with Crippen molar-refractivity contribution in [3.05, 3.63) is 134 Å². The van der Waals surface area contributed by atoms with Crippen LogP contribution in [0.2, 0.25) is 0 Å². The van der Waals surface area contributed by atoms with E-state index >= 15 is 0 Å². The van der Waals surface area contributed by atoms with Gasteiger partial charge < -0.3 is 14.5 Å². The van der Waals surface area contributed by atoms with Crippen LogP contribution in [-0.2, 0) is 0 Å².